The second kappa shape index (κ2) is 7.77. The molecule has 0 saturated carbocycles. The summed E-state index contributed by atoms with van der Waals surface area (Å²) in [5, 5.41) is 12.4. The predicted molar refractivity (Wildman–Crippen MR) is 113 cm³/mol. The lowest BCUT2D eigenvalue weighted by atomic mass is 10.1. The number of halogens is 2. The standard InChI is InChI=1S/C22H17F2N7O/c1-12-6-15(9-25)26-11-16(12)17-7-20(30-21(29-17)22(3,23)24)31-5-4-14-10-27-19(8-18(14)31)28-13(2)32/h4-8,10-11H,1-3H3,(H,27,28,32). The minimum atomic E-state index is -3.29. The van der Waals surface area contributed by atoms with Crippen LogP contribution in [0, 0.1) is 18.3 Å². The lowest BCUT2D eigenvalue weighted by Crippen LogP contribution is -2.15. The number of aryl methyl sites for hydroxylation is 1. The molecule has 0 aliphatic rings. The van der Waals surface area contributed by atoms with E-state index < -0.39 is 11.7 Å². The van der Waals surface area contributed by atoms with E-state index in [0.717, 1.165) is 12.3 Å². The molecule has 4 aromatic rings. The van der Waals surface area contributed by atoms with Crippen molar-refractivity contribution in [3.8, 4) is 23.1 Å². The molecule has 0 atom stereocenters. The predicted octanol–water partition coefficient (Wildman–Crippen LogP) is 4.13. The summed E-state index contributed by atoms with van der Waals surface area (Å²) < 4.78 is 30.1. The molecule has 0 radical (unpaired) electrons. The molecule has 0 aliphatic heterocycles. The van der Waals surface area contributed by atoms with E-state index in [0.29, 0.717) is 22.5 Å². The lowest BCUT2D eigenvalue weighted by Gasteiger charge is -2.15. The number of nitrogens with one attached hydrogen (secondary N) is 1. The Hall–Kier alpha value is -4.26. The third-order valence-electron chi connectivity index (χ3n) is 4.73. The highest BCUT2D eigenvalue weighted by atomic mass is 19.3. The van der Waals surface area contributed by atoms with Gasteiger partial charge in [-0.3, -0.25) is 4.79 Å². The molecule has 0 aliphatic carbocycles. The van der Waals surface area contributed by atoms with E-state index in [-0.39, 0.29) is 23.1 Å². The minimum Gasteiger partial charge on any atom is -0.311 e. The van der Waals surface area contributed by atoms with Gasteiger partial charge >= 0.3 is 5.92 Å². The van der Waals surface area contributed by atoms with Crippen LogP contribution in [0.2, 0.25) is 0 Å². The summed E-state index contributed by atoms with van der Waals surface area (Å²) in [6, 6.07) is 8.49. The van der Waals surface area contributed by atoms with Crippen LogP contribution in [0.4, 0.5) is 14.6 Å². The molecule has 0 saturated heterocycles. The number of carbonyl (C=O) groups is 1. The first-order valence-corrected chi connectivity index (χ1v) is 9.55. The zero-order valence-corrected chi connectivity index (χ0v) is 17.4. The second-order valence-corrected chi connectivity index (χ2v) is 7.31. The largest absolute Gasteiger partial charge is 0.311 e. The summed E-state index contributed by atoms with van der Waals surface area (Å²) in [6.07, 6.45) is 4.69. The van der Waals surface area contributed by atoms with Crippen molar-refractivity contribution in [2.45, 2.75) is 26.7 Å². The van der Waals surface area contributed by atoms with E-state index in [4.69, 9.17) is 5.26 Å². The van der Waals surface area contributed by atoms with Gasteiger partial charge in [-0.25, -0.2) is 19.9 Å². The Bertz CT molecular complexity index is 1400. The number of alkyl halides is 2. The molecule has 0 aromatic carbocycles. The number of pyridine rings is 2. The van der Waals surface area contributed by atoms with Gasteiger partial charge in [-0.2, -0.15) is 14.0 Å². The van der Waals surface area contributed by atoms with Crippen molar-refractivity contribution < 1.29 is 13.6 Å². The van der Waals surface area contributed by atoms with E-state index in [1.54, 1.807) is 48.1 Å². The van der Waals surface area contributed by atoms with Crippen LogP contribution in [0.5, 0.6) is 0 Å². The van der Waals surface area contributed by atoms with Crippen LogP contribution in [-0.4, -0.2) is 30.4 Å². The zero-order valence-electron chi connectivity index (χ0n) is 17.4. The molecular weight excluding hydrogens is 416 g/mol. The van der Waals surface area contributed by atoms with Gasteiger partial charge in [-0.05, 0) is 24.6 Å². The fraction of sp³-hybridized carbons (Fsp3) is 0.182. The number of nitriles is 1. The molecule has 10 heteroatoms. The van der Waals surface area contributed by atoms with Crippen molar-refractivity contribution in [1.29, 1.82) is 5.26 Å². The van der Waals surface area contributed by atoms with Crippen molar-refractivity contribution in [3.63, 3.8) is 0 Å². The number of amides is 1. The van der Waals surface area contributed by atoms with E-state index in [9.17, 15) is 13.6 Å². The van der Waals surface area contributed by atoms with Gasteiger partial charge in [0, 0.05) is 55.5 Å². The summed E-state index contributed by atoms with van der Waals surface area (Å²) in [5.74, 6) is -3.68. The van der Waals surface area contributed by atoms with Gasteiger partial charge < -0.3 is 9.88 Å². The van der Waals surface area contributed by atoms with Crippen molar-refractivity contribution in [3.05, 3.63) is 59.9 Å². The van der Waals surface area contributed by atoms with Crippen LogP contribution >= 0.6 is 0 Å². The van der Waals surface area contributed by atoms with Crippen LogP contribution < -0.4 is 5.32 Å². The average molecular weight is 433 g/mol. The van der Waals surface area contributed by atoms with Crippen LogP contribution in [0.3, 0.4) is 0 Å². The average Bonchev–Trinajstić information content (AvgIpc) is 3.15. The van der Waals surface area contributed by atoms with Gasteiger partial charge in [0.15, 0.2) is 0 Å². The molecule has 1 amide bonds. The molecule has 1 N–H and O–H groups in total. The lowest BCUT2D eigenvalue weighted by molar-refractivity contribution is -0.114. The van der Waals surface area contributed by atoms with Crippen molar-refractivity contribution in [2.24, 2.45) is 0 Å². The van der Waals surface area contributed by atoms with Gasteiger partial charge in [-0.15, -0.1) is 0 Å². The van der Waals surface area contributed by atoms with Gasteiger partial charge in [-0.1, -0.05) is 0 Å². The quantitative estimate of drug-likeness (QED) is 0.518. The first kappa shape index (κ1) is 21.0. The minimum absolute atomic E-state index is 0.213. The first-order valence-electron chi connectivity index (χ1n) is 9.55. The molecule has 4 heterocycles. The highest BCUT2D eigenvalue weighted by molar-refractivity contribution is 5.91. The molecule has 4 rings (SSSR count). The van der Waals surface area contributed by atoms with E-state index in [2.05, 4.69) is 25.3 Å². The summed E-state index contributed by atoms with van der Waals surface area (Å²) in [6.45, 7) is 3.84. The van der Waals surface area contributed by atoms with Crippen molar-refractivity contribution in [1.82, 2.24) is 24.5 Å². The highest BCUT2D eigenvalue weighted by Gasteiger charge is 2.30. The summed E-state index contributed by atoms with van der Waals surface area (Å²) in [5.41, 5.74) is 2.26. The third-order valence-corrected chi connectivity index (χ3v) is 4.73. The topological polar surface area (TPSA) is 109 Å². The van der Waals surface area contributed by atoms with Crippen molar-refractivity contribution in [2.75, 3.05) is 5.32 Å². The monoisotopic (exact) mass is 433 g/mol. The molecular formula is C22H17F2N7O. The number of hydrogen-bond donors (Lipinski definition) is 1. The molecule has 0 unspecified atom stereocenters. The maximum atomic E-state index is 14.3. The molecule has 8 nitrogen and oxygen atoms in total. The van der Waals surface area contributed by atoms with Crippen LogP contribution in [-0.2, 0) is 10.7 Å². The molecule has 0 spiro atoms. The van der Waals surface area contributed by atoms with Crippen LogP contribution in [0.15, 0.2) is 42.9 Å². The normalized spacial score (nSPS) is 11.4. The second-order valence-electron chi connectivity index (χ2n) is 7.31. The van der Waals surface area contributed by atoms with Gasteiger partial charge in [0.2, 0.25) is 11.7 Å². The Morgan fingerprint density at radius 1 is 1.19 bits per heavy atom. The van der Waals surface area contributed by atoms with E-state index >= 15 is 0 Å². The summed E-state index contributed by atoms with van der Waals surface area (Å²) >= 11 is 0. The first-order chi connectivity index (χ1) is 15.2. The maximum absolute atomic E-state index is 14.3. The smallest absolute Gasteiger partial charge is 0.303 e. The Morgan fingerprint density at radius 2 is 1.97 bits per heavy atom. The Labute approximate surface area is 181 Å². The van der Waals surface area contributed by atoms with Gasteiger partial charge in [0.25, 0.3) is 0 Å². The SMILES string of the molecule is CC(=O)Nc1cc2c(ccn2-c2cc(-c3cnc(C#N)cc3C)nc(C(C)(F)F)n2)cn1. The number of anilines is 1. The summed E-state index contributed by atoms with van der Waals surface area (Å²) in [7, 11) is 0. The van der Waals surface area contributed by atoms with Gasteiger partial charge in [0.05, 0.1) is 11.2 Å². The number of aromatic nitrogens is 5. The maximum Gasteiger partial charge on any atom is 0.303 e. The van der Waals surface area contributed by atoms with Crippen molar-refractivity contribution >= 4 is 22.6 Å². The van der Waals surface area contributed by atoms with Crippen LogP contribution in [0.25, 0.3) is 28.0 Å². The molecule has 4 aromatic heterocycles. The van der Waals surface area contributed by atoms with E-state index in [1.165, 1.54) is 13.1 Å². The molecule has 0 fully saturated rings. The number of nitrogens with zero attached hydrogens (tertiary/aromatic N) is 6. The Kier molecular flexibility index (Phi) is 5.10. The molecule has 32 heavy (non-hydrogen) atoms. The number of rotatable bonds is 4. The number of carbonyl (C=O) groups excluding carboxylic acids is 1. The molecule has 160 valence electrons. The summed E-state index contributed by atoms with van der Waals surface area (Å²) in [4.78, 5) is 27.8. The fourth-order valence-corrected chi connectivity index (χ4v) is 3.25. The zero-order chi connectivity index (χ0) is 23.0. The number of hydrogen-bond acceptors (Lipinski definition) is 6. The number of fused-ring (bicyclic) bond motifs is 1. The van der Waals surface area contributed by atoms with E-state index in [1.807, 2.05) is 6.07 Å². The molecule has 0 bridgehead atoms. The Balaban J connectivity index is 1.93. The van der Waals surface area contributed by atoms with Crippen LogP contribution in [0.1, 0.15) is 30.9 Å². The highest BCUT2D eigenvalue weighted by Crippen LogP contribution is 2.30. The fourth-order valence-electron chi connectivity index (χ4n) is 3.25. The third kappa shape index (κ3) is 4.00. The Morgan fingerprint density at radius 3 is 2.62 bits per heavy atom. The van der Waals surface area contributed by atoms with Gasteiger partial charge in [0.1, 0.15) is 23.4 Å².